The lowest BCUT2D eigenvalue weighted by Gasteiger charge is -2.39. The van der Waals surface area contributed by atoms with Gasteiger partial charge < -0.3 is 4.89 Å². The van der Waals surface area contributed by atoms with Crippen LogP contribution in [-0.2, 0) is 4.57 Å². The lowest BCUT2D eigenvalue weighted by Crippen LogP contribution is -2.55. The molecular weight excluding hydrogens is 389 g/mol. The minimum absolute atomic E-state index is 0.523. The van der Waals surface area contributed by atoms with E-state index in [1.165, 1.54) is 89.9 Å². The summed E-state index contributed by atoms with van der Waals surface area (Å²) in [6.45, 7) is 4.29. The van der Waals surface area contributed by atoms with Crippen molar-refractivity contribution < 1.29 is 13.9 Å². The van der Waals surface area contributed by atoms with Gasteiger partial charge in [-0.3, -0.25) is 4.48 Å². The molecule has 2 atom stereocenters. The van der Waals surface area contributed by atoms with Crippen LogP contribution in [0.5, 0.6) is 0 Å². The first-order chi connectivity index (χ1) is 14.3. The van der Waals surface area contributed by atoms with Crippen molar-refractivity contribution in [2.75, 3.05) is 21.1 Å². The Morgan fingerprint density at radius 2 is 1.13 bits per heavy atom. The molecule has 0 saturated carbocycles. The predicted molar refractivity (Wildman–Crippen MR) is 132 cm³/mol. The first kappa shape index (κ1) is 29.8. The molecule has 0 saturated heterocycles. The van der Waals surface area contributed by atoms with Crippen LogP contribution in [0.3, 0.4) is 0 Å². The number of rotatable bonds is 21. The van der Waals surface area contributed by atoms with Crippen molar-refractivity contribution in [3.8, 4) is 0 Å². The average molecular weight is 443 g/mol. The zero-order valence-electron chi connectivity index (χ0n) is 21.1. The van der Waals surface area contributed by atoms with Gasteiger partial charge in [-0.1, -0.05) is 101 Å². The molecule has 0 aliphatic carbocycles. The molecule has 0 N–H and O–H groups in total. The second-order valence-corrected chi connectivity index (χ2v) is 11.4. The summed E-state index contributed by atoms with van der Waals surface area (Å²) in [7, 11) is 3.68. The monoisotopic (exact) mass is 442 g/mol. The number of hydrogen-bond donors (Lipinski definition) is 0. The number of allylic oxidation sites excluding steroid dienone is 2. The molecule has 0 aromatic carbocycles. The van der Waals surface area contributed by atoms with Crippen molar-refractivity contribution in [2.24, 2.45) is 0 Å². The van der Waals surface area contributed by atoms with Crippen LogP contribution < -0.4 is 4.89 Å². The third kappa shape index (κ3) is 13.2. The van der Waals surface area contributed by atoms with Gasteiger partial charge >= 0.3 is 8.03 Å². The lowest BCUT2D eigenvalue weighted by atomic mass is 9.99. The first-order valence-electron chi connectivity index (χ1n) is 12.9. The Morgan fingerprint density at radius 3 is 1.50 bits per heavy atom. The largest absolute Gasteiger partial charge is 0.590 e. The van der Waals surface area contributed by atoms with Gasteiger partial charge in [0.2, 0.25) is 0 Å². The van der Waals surface area contributed by atoms with Gasteiger partial charge in [-0.2, -0.15) is 0 Å². The summed E-state index contributed by atoms with van der Waals surface area (Å²) in [5, 5.41) is -0.587. The highest BCUT2D eigenvalue weighted by Gasteiger charge is 2.53. The summed E-state index contributed by atoms with van der Waals surface area (Å²) in [6.07, 6.45) is 26.8. The van der Waals surface area contributed by atoms with Gasteiger partial charge in [-0.15, -0.1) is 0 Å². The van der Waals surface area contributed by atoms with Crippen LogP contribution in [0.25, 0.3) is 0 Å². The van der Waals surface area contributed by atoms with E-state index in [9.17, 15) is 9.46 Å². The fourth-order valence-electron chi connectivity index (χ4n) is 4.52. The van der Waals surface area contributed by atoms with Crippen LogP contribution in [0, 0.1) is 0 Å². The molecule has 0 radical (unpaired) electrons. The van der Waals surface area contributed by atoms with E-state index in [1.54, 1.807) is 0 Å². The molecule has 0 aliphatic rings. The zero-order valence-corrected chi connectivity index (χ0v) is 22.0. The quantitative estimate of drug-likeness (QED) is 0.0779. The number of nitrogens with zero attached hydrogens (tertiary/aromatic N) is 1. The average Bonchev–Trinajstić information content (AvgIpc) is 2.68. The number of hydrogen-bond acceptors (Lipinski definition) is 2. The van der Waals surface area contributed by atoms with Crippen molar-refractivity contribution in [1.82, 2.24) is 0 Å². The molecule has 0 amide bonds. The Kier molecular flexibility index (Phi) is 18.2. The van der Waals surface area contributed by atoms with Crippen LogP contribution in [-0.4, -0.2) is 30.9 Å². The summed E-state index contributed by atoms with van der Waals surface area (Å²) in [6, 6.07) is 0. The minimum atomic E-state index is -2.42. The van der Waals surface area contributed by atoms with E-state index in [4.69, 9.17) is 0 Å². The number of quaternary nitrogens is 1. The highest BCUT2D eigenvalue weighted by atomic mass is 31.1. The van der Waals surface area contributed by atoms with Gasteiger partial charge in [0.05, 0.1) is 21.1 Å². The molecule has 4 heteroatoms. The summed E-state index contributed by atoms with van der Waals surface area (Å²) in [5.74, 6) is 0. The van der Waals surface area contributed by atoms with Crippen LogP contribution in [0.4, 0.5) is 0 Å². The van der Waals surface area contributed by atoms with Crippen LogP contribution in [0.15, 0.2) is 12.2 Å². The molecule has 0 heterocycles. The Balaban J connectivity index is 3.65. The van der Waals surface area contributed by atoms with Gasteiger partial charge in [0.1, 0.15) is 0 Å². The third-order valence-corrected chi connectivity index (χ3v) is 8.32. The first-order valence-corrected chi connectivity index (χ1v) is 14.1. The van der Waals surface area contributed by atoms with E-state index in [2.05, 4.69) is 26.0 Å². The standard InChI is InChI=1S/C26H53NO2P/c1-6-8-9-10-11-12-13-14-15-16-17-18-19-20-21-22-23-25-26(24-7-2,30(28)29)27(3,4)5/h8-9H,6-7,10-25H2,1-5H3/q+1/b9-8-. The van der Waals surface area contributed by atoms with Crippen molar-refractivity contribution in [2.45, 2.75) is 135 Å². The molecule has 0 spiro atoms. The van der Waals surface area contributed by atoms with Crippen LogP contribution in [0.1, 0.15) is 129 Å². The van der Waals surface area contributed by atoms with Crippen LogP contribution in [0.2, 0.25) is 0 Å². The maximum Gasteiger partial charge on any atom is 0.376 e. The molecule has 0 rings (SSSR count). The smallest absolute Gasteiger partial charge is 0.376 e. The molecule has 3 nitrogen and oxygen atoms in total. The molecule has 0 bridgehead atoms. The van der Waals surface area contributed by atoms with Crippen molar-refractivity contribution in [3.63, 3.8) is 0 Å². The van der Waals surface area contributed by atoms with E-state index in [0.717, 1.165) is 25.7 Å². The molecule has 0 fully saturated rings. The maximum absolute atomic E-state index is 12.1. The SMILES string of the molecule is CC/C=C\CCCCCCCCCCCCCCCC(CCC)([P+](=O)[O-])[N+](C)(C)C. The van der Waals surface area contributed by atoms with E-state index in [1.807, 2.05) is 21.1 Å². The Bertz CT molecular complexity index is 445. The van der Waals surface area contributed by atoms with E-state index in [-0.39, 0.29) is 0 Å². The third-order valence-electron chi connectivity index (χ3n) is 6.59. The fraction of sp³-hybridized carbons (Fsp3) is 0.923. The maximum atomic E-state index is 12.1. The van der Waals surface area contributed by atoms with E-state index < -0.39 is 13.3 Å². The molecule has 0 aromatic rings. The Hall–Kier alpha value is -0.240. The summed E-state index contributed by atoms with van der Waals surface area (Å²) in [4.78, 5) is 12.1. The summed E-state index contributed by atoms with van der Waals surface area (Å²) in [5.41, 5.74) is 0. The van der Waals surface area contributed by atoms with Crippen molar-refractivity contribution in [1.29, 1.82) is 0 Å². The Morgan fingerprint density at radius 1 is 0.700 bits per heavy atom. The van der Waals surface area contributed by atoms with Gasteiger partial charge in [0, 0.05) is 12.8 Å². The van der Waals surface area contributed by atoms with Gasteiger partial charge in [0.15, 0.2) is 0 Å². The summed E-state index contributed by atoms with van der Waals surface area (Å²) < 4.78 is 12.6. The van der Waals surface area contributed by atoms with Gasteiger partial charge in [-0.25, -0.2) is 0 Å². The second kappa shape index (κ2) is 18.3. The van der Waals surface area contributed by atoms with Gasteiger partial charge in [-0.05, 0) is 32.1 Å². The van der Waals surface area contributed by atoms with Crippen LogP contribution >= 0.6 is 8.03 Å². The van der Waals surface area contributed by atoms with E-state index >= 15 is 0 Å². The molecular formula is C26H53NO2P+. The zero-order chi connectivity index (χ0) is 22.7. The highest BCUT2D eigenvalue weighted by Crippen LogP contribution is 2.45. The molecule has 0 aromatic heterocycles. The lowest BCUT2D eigenvalue weighted by molar-refractivity contribution is -0.910. The van der Waals surface area contributed by atoms with E-state index in [0.29, 0.717) is 4.48 Å². The van der Waals surface area contributed by atoms with Crippen molar-refractivity contribution in [3.05, 3.63) is 12.2 Å². The topological polar surface area (TPSA) is 40.1 Å². The van der Waals surface area contributed by atoms with Gasteiger partial charge in [0.25, 0.3) is 5.28 Å². The molecule has 2 unspecified atom stereocenters. The highest BCUT2D eigenvalue weighted by molar-refractivity contribution is 7.38. The minimum Gasteiger partial charge on any atom is -0.590 e. The normalized spacial score (nSPS) is 14.9. The molecule has 30 heavy (non-hydrogen) atoms. The second-order valence-electron chi connectivity index (χ2n) is 10.0. The molecule has 0 aliphatic heterocycles. The molecule has 178 valence electrons. The summed E-state index contributed by atoms with van der Waals surface area (Å²) >= 11 is 0. The fourth-order valence-corrected chi connectivity index (χ4v) is 5.76. The predicted octanol–water partition coefficient (Wildman–Crippen LogP) is 8.11. The van der Waals surface area contributed by atoms with Crippen molar-refractivity contribution >= 4 is 8.03 Å². The Labute approximate surface area is 190 Å². The number of unbranched alkanes of at least 4 members (excludes halogenated alkanes) is 13.